The van der Waals surface area contributed by atoms with Crippen molar-refractivity contribution in [2.45, 2.75) is 30.0 Å². The summed E-state index contributed by atoms with van der Waals surface area (Å²) in [6.07, 6.45) is -0.247. The maximum absolute atomic E-state index is 6.32. The fourth-order valence-electron chi connectivity index (χ4n) is 1.66. The number of ether oxygens (including phenoxy) is 1. The second-order valence-corrected chi connectivity index (χ2v) is 13.8. The van der Waals surface area contributed by atoms with Crippen LogP contribution in [0.1, 0.15) is 6.92 Å². The molecule has 2 radical (unpaired) electrons. The van der Waals surface area contributed by atoms with E-state index in [1.54, 1.807) is 0 Å². The monoisotopic (exact) mass is 404 g/mol. The first kappa shape index (κ1) is 11.8. The standard InChI is InChI=1S/C7H11BClO3P.W/c1-7(9)5-4(11-6(7)8)3-10-13(2)12-5;/h4-6H,3H2,1-2H3;/t4-,5-,6-,7-,13-;/m1./s1. The molecule has 0 spiro atoms. The number of halogens is 1. The first-order valence-electron chi connectivity index (χ1n) is 4.33. The Morgan fingerprint density at radius 1 is 1.64 bits per heavy atom. The van der Waals surface area contributed by atoms with Gasteiger partial charge in [-0.05, 0) is 0 Å². The van der Waals surface area contributed by atoms with Crippen molar-refractivity contribution in [2.24, 2.45) is 0 Å². The molecule has 2 aliphatic rings. The third-order valence-corrected chi connectivity index (χ3v) is 6.27. The number of fused-ring (bicyclic) bond motifs is 1. The third-order valence-electron chi connectivity index (χ3n) is 2.55. The van der Waals surface area contributed by atoms with Gasteiger partial charge in [-0.15, -0.1) is 0 Å². The quantitative estimate of drug-likeness (QED) is 0.346. The summed E-state index contributed by atoms with van der Waals surface area (Å²) in [6, 6.07) is -0.476. The average molecular weight is 404 g/mol. The van der Waals surface area contributed by atoms with E-state index in [0.717, 1.165) is 0 Å². The van der Waals surface area contributed by atoms with E-state index in [-0.39, 0.29) is 12.2 Å². The molecule has 2 fully saturated rings. The second kappa shape index (κ2) is 3.69. The molecule has 0 N–H and O–H groups in total. The van der Waals surface area contributed by atoms with Crippen LogP contribution in [0.3, 0.4) is 0 Å². The van der Waals surface area contributed by atoms with Crippen molar-refractivity contribution >= 4 is 24.8 Å². The van der Waals surface area contributed by atoms with E-state index in [4.69, 9.17) is 33.2 Å². The summed E-state index contributed by atoms with van der Waals surface area (Å²) >= 11 is 7.65. The topological polar surface area (TPSA) is 27.7 Å². The Morgan fingerprint density at radius 3 is 2.93 bits per heavy atom. The van der Waals surface area contributed by atoms with Gasteiger partial charge in [0.15, 0.2) is 0 Å². The molecule has 2 heterocycles. The van der Waals surface area contributed by atoms with Gasteiger partial charge >= 0.3 is 101 Å². The molecule has 0 bridgehead atoms. The first-order chi connectivity index (χ1) is 6.33. The van der Waals surface area contributed by atoms with Crippen molar-refractivity contribution < 1.29 is 32.6 Å². The third kappa shape index (κ3) is 1.95. The number of hydrogen-bond acceptors (Lipinski definition) is 3. The SMILES string of the molecule is [B][C@@H]1O[C@@H]2CO[P@](C)(=[W])O[C@H]2[C@@]1(C)Cl. The van der Waals surface area contributed by atoms with Crippen LogP contribution in [0.15, 0.2) is 0 Å². The van der Waals surface area contributed by atoms with Crippen LogP contribution in [0.5, 0.6) is 0 Å². The van der Waals surface area contributed by atoms with E-state index in [1.165, 1.54) is 18.8 Å². The fourth-order valence-corrected chi connectivity index (χ4v) is 4.86. The second-order valence-electron chi connectivity index (χ2n) is 3.84. The summed E-state index contributed by atoms with van der Waals surface area (Å²) in [5, 5.41) is -1.65. The Balaban J connectivity index is 2.23. The van der Waals surface area contributed by atoms with Gasteiger partial charge in [-0.2, -0.15) is 0 Å². The number of alkyl halides is 1. The van der Waals surface area contributed by atoms with Crippen molar-refractivity contribution in [2.75, 3.05) is 13.3 Å². The van der Waals surface area contributed by atoms with Gasteiger partial charge in [0.2, 0.25) is 0 Å². The molecular weight excluding hydrogens is 393 g/mol. The average Bonchev–Trinajstić information content (AvgIpc) is 2.26. The molecule has 14 heavy (non-hydrogen) atoms. The Morgan fingerprint density at radius 2 is 2.29 bits per heavy atom. The molecule has 0 aliphatic carbocycles. The van der Waals surface area contributed by atoms with Gasteiger partial charge in [0, 0.05) is 0 Å². The molecule has 7 heteroatoms. The summed E-state index contributed by atoms with van der Waals surface area (Å²) in [6.45, 7) is 4.42. The predicted molar refractivity (Wildman–Crippen MR) is 52.3 cm³/mol. The first-order valence-corrected chi connectivity index (χ1v) is 10.6. The summed E-state index contributed by atoms with van der Waals surface area (Å²) in [5.41, 5.74) is 0. The molecule has 0 aromatic heterocycles. The van der Waals surface area contributed by atoms with Crippen LogP contribution >= 0.6 is 17.0 Å². The van der Waals surface area contributed by atoms with Crippen LogP contribution in [0.4, 0.5) is 0 Å². The Bertz CT molecular complexity index is 301. The minimum absolute atomic E-state index is 0.111. The van der Waals surface area contributed by atoms with Crippen molar-refractivity contribution in [1.82, 2.24) is 0 Å². The van der Waals surface area contributed by atoms with Gasteiger partial charge in [0.1, 0.15) is 0 Å². The van der Waals surface area contributed by atoms with E-state index < -0.39 is 16.2 Å². The molecular formula is C7H11BClO3PW. The van der Waals surface area contributed by atoms with Crippen molar-refractivity contribution in [1.29, 1.82) is 0 Å². The molecule has 2 aliphatic heterocycles. The fraction of sp³-hybridized carbons (Fsp3) is 1.00. The van der Waals surface area contributed by atoms with Crippen LogP contribution in [0.25, 0.3) is 0 Å². The van der Waals surface area contributed by atoms with Crippen LogP contribution in [-0.4, -0.2) is 44.2 Å². The molecule has 5 atom stereocenters. The van der Waals surface area contributed by atoms with Crippen LogP contribution in [0, 0.1) is 0 Å². The van der Waals surface area contributed by atoms with Gasteiger partial charge in [0.25, 0.3) is 0 Å². The summed E-state index contributed by atoms with van der Waals surface area (Å²) in [5.74, 6) is 0. The van der Waals surface area contributed by atoms with Crippen LogP contribution in [0.2, 0.25) is 0 Å². The van der Waals surface area contributed by atoms with Gasteiger partial charge in [0.05, 0.1) is 0 Å². The molecule has 3 nitrogen and oxygen atoms in total. The molecule has 0 saturated carbocycles. The van der Waals surface area contributed by atoms with Crippen LogP contribution < -0.4 is 0 Å². The number of hydrogen-bond donors (Lipinski definition) is 0. The molecule has 0 aromatic rings. The summed E-state index contributed by atoms with van der Waals surface area (Å²) < 4.78 is 17.0. The maximum atomic E-state index is 6.32. The van der Waals surface area contributed by atoms with Crippen LogP contribution in [-0.2, 0) is 32.6 Å². The van der Waals surface area contributed by atoms with E-state index in [1.807, 2.05) is 13.6 Å². The molecule has 0 unspecified atom stereocenters. The van der Waals surface area contributed by atoms with Gasteiger partial charge in [-0.25, -0.2) is 0 Å². The molecule has 0 amide bonds. The zero-order chi connectivity index (χ0) is 10.6. The van der Waals surface area contributed by atoms with E-state index in [0.29, 0.717) is 6.61 Å². The minimum atomic E-state index is -1.65. The van der Waals surface area contributed by atoms with Gasteiger partial charge in [-0.1, -0.05) is 0 Å². The van der Waals surface area contributed by atoms with Gasteiger partial charge in [-0.3, -0.25) is 0 Å². The normalized spacial score (nSPS) is 58.4. The Labute approximate surface area is 100 Å². The molecule has 2 rings (SSSR count). The zero-order valence-electron chi connectivity index (χ0n) is 7.97. The van der Waals surface area contributed by atoms with Crippen molar-refractivity contribution in [3.05, 3.63) is 0 Å². The molecule has 0 aromatic carbocycles. The number of rotatable bonds is 0. The summed E-state index contributed by atoms with van der Waals surface area (Å²) in [4.78, 5) is -0.634. The Kier molecular flexibility index (Phi) is 3.11. The van der Waals surface area contributed by atoms with Crippen molar-refractivity contribution in [3.8, 4) is 0 Å². The van der Waals surface area contributed by atoms with E-state index in [2.05, 4.69) is 0 Å². The van der Waals surface area contributed by atoms with Crippen molar-refractivity contribution in [3.63, 3.8) is 0 Å². The Hall–Kier alpha value is 1.35. The zero-order valence-corrected chi connectivity index (χ0v) is 12.6. The predicted octanol–water partition coefficient (Wildman–Crippen LogP) is 1.23. The van der Waals surface area contributed by atoms with E-state index in [9.17, 15) is 0 Å². The summed E-state index contributed by atoms with van der Waals surface area (Å²) in [7, 11) is 5.79. The molecule has 78 valence electrons. The van der Waals surface area contributed by atoms with Gasteiger partial charge < -0.3 is 0 Å². The molecule has 2 saturated heterocycles. The van der Waals surface area contributed by atoms with E-state index >= 15 is 0 Å².